The molecule has 0 bridgehead atoms. The van der Waals surface area contributed by atoms with Gasteiger partial charge in [0, 0.05) is 24.9 Å². The lowest BCUT2D eigenvalue weighted by Gasteiger charge is -2.13. The van der Waals surface area contributed by atoms with E-state index >= 15 is 0 Å². The monoisotopic (exact) mass is 350 g/mol. The summed E-state index contributed by atoms with van der Waals surface area (Å²) in [6.45, 7) is 2.59. The molecule has 1 aromatic carbocycles. The van der Waals surface area contributed by atoms with E-state index in [9.17, 15) is 14.4 Å². The summed E-state index contributed by atoms with van der Waals surface area (Å²) < 4.78 is 14.0. The molecule has 2 N–H and O–H groups in total. The maximum absolute atomic E-state index is 12.0. The molecule has 25 heavy (non-hydrogen) atoms. The van der Waals surface area contributed by atoms with E-state index < -0.39 is 11.9 Å². The Morgan fingerprint density at radius 2 is 1.84 bits per heavy atom. The predicted molar refractivity (Wildman–Crippen MR) is 91.1 cm³/mol. The van der Waals surface area contributed by atoms with Crippen LogP contribution in [-0.4, -0.2) is 52.3 Å². The van der Waals surface area contributed by atoms with E-state index in [-0.39, 0.29) is 11.6 Å². The molecule has 0 spiro atoms. The number of aryl methyl sites for hydroxylation is 1. The van der Waals surface area contributed by atoms with E-state index in [0.29, 0.717) is 30.0 Å². The third-order valence-electron chi connectivity index (χ3n) is 3.22. The van der Waals surface area contributed by atoms with E-state index in [0.717, 1.165) is 6.08 Å². The zero-order valence-electron chi connectivity index (χ0n) is 14.7. The smallest absolute Gasteiger partial charge is 0.354 e. The highest BCUT2D eigenvalue weighted by Gasteiger charge is 2.14. The van der Waals surface area contributed by atoms with E-state index in [1.807, 2.05) is 0 Å². The summed E-state index contributed by atoms with van der Waals surface area (Å²) in [5.74, 6) is -1.64. The van der Waals surface area contributed by atoms with Gasteiger partial charge in [-0.25, -0.2) is 9.59 Å². The van der Waals surface area contributed by atoms with Crippen molar-refractivity contribution in [1.29, 1.82) is 0 Å². The van der Waals surface area contributed by atoms with Crippen LogP contribution in [0.4, 0.5) is 5.69 Å². The summed E-state index contributed by atoms with van der Waals surface area (Å²) in [5.41, 5.74) is 1.65. The van der Waals surface area contributed by atoms with Crippen LogP contribution in [0.15, 0.2) is 30.0 Å². The predicted octanol–water partition coefficient (Wildman–Crippen LogP) is 1.01. The van der Waals surface area contributed by atoms with Crippen molar-refractivity contribution < 1.29 is 28.6 Å². The van der Waals surface area contributed by atoms with Crippen LogP contribution in [-0.2, 0) is 23.8 Å². The molecule has 136 valence electrons. The summed E-state index contributed by atoms with van der Waals surface area (Å²) >= 11 is 0. The second-order valence-corrected chi connectivity index (χ2v) is 4.98. The van der Waals surface area contributed by atoms with Gasteiger partial charge in [0.15, 0.2) is 0 Å². The number of anilines is 1. The zero-order valence-corrected chi connectivity index (χ0v) is 14.7. The van der Waals surface area contributed by atoms with Crippen LogP contribution in [0.3, 0.4) is 0 Å². The van der Waals surface area contributed by atoms with Crippen molar-refractivity contribution >= 4 is 23.5 Å². The van der Waals surface area contributed by atoms with Gasteiger partial charge < -0.3 is 24.8 Å². The van der Waals surface area contributed by atoms with Crippen molar-refractivity contribution in [2.24, 2.45) is 0 Å². The van der Waals surface area contributed by atoms with Gasteiger partial charge in [-0.05, 0) is 30.7 Å². The fraction of sp³-hybridized carbons (Fsp3) is 0.353. The van der Waals surface area contributed by atoms with Crippen LogP contribution >= 0.6 is 0 Å². The quantitative estimate of drug-likeness (QED) is 0.410. The van der Waals surface area contributed by atoms with E-state index in [1.165, 1.54) is 14.2 Å². The van der Waals surface area contributed by atoms with E-state index in [1.54, 1.807) is 32.2 Å². The highest BCUT2D eigenvalue weighted by molar-refractivity contribution is 5.99. The highest BCUT2D eigenvalue weighted by atomic mass is 16.5. The average molecular weight is 350 g/mol. The molecule has 0 radical (unpaired) electrons. The minimum Gasteiger partial charge on any atom is -0.466 e. The molecule has 8 heteroatoms. The fourth-order valence-corrected chi connectivity index (χ4v) is 1.89. The van der Waals surface area contributed by atoms with Crippen LogP contribution in [0.25, 0.3) is 0 Å². The molecule has 1 amide bonds. The molecule has 0 saturated carbocycles. The van der Waals surface area contributed by atoms with Gasteiger partial charge in [0.1, 0.15) is 5.70 Å². The van der Waals surface area contributed by atoms with E-state index in [2.05, 4.69) is 20.1 Å². The summed E-state index contributed by atoms with van der Waals surface area (Å²) in [6.07, 6.45) is 0.997. The van der Waals surface area contributed by atoms with Gasteiger partial charge in [-0.3, -0.25) is 4.79 Å². The van der Waals surface area contributed by atoms with Crippen molar-refractivity contribution in [3.63, 3.8) is 0 Å². The Hall–Kier alpha value is -2.87. The Labute approximate surface area is 146 Å². The Morgan fingerprint density at radius 1 is 1.12 bits per heavy atom. The Morgan fingerprint density at radius 3 is 2.40 bits per heavy atom. The number of hydrogen-bond donors (Lipinski definition) is 2. The first-order chi connectivity index (χ1) is 11.9. The number of hydrogen-bond acceptors (Lipinski definition) is 7. The molecule has 1 rings (SSSR count). The minimum absolute atomic E-state index is 0.0743. The van der Waals surface area contributed by atoms with Gasteiger partial charge in [-0.15, -0.1) is 0 Å². The van der Waals surface area contributed by atoms with Crippen LogP contribution in [0, 0.1) is 6.92 Å². The van der Waals surface area contributed by atoms with Crippen molar-refractivity contribution in [2.75, 3.05) is 39.8 Å². The van der Waals surface area contributed by atoms with Gasteiger partial charge in [0.2, 0.25) is 0 Å². The second-order valence-electron chi connectivity index (χ2n) is 4.98. The summed E-state index contributed by atoms with van der Waals surface area (Å²) in [4.78, 5) is 35.2. The molecule has 0 aliphatic heterocycles. The topological polar surface area (TPSA) is 103 Å². The number of benzene rings is 1. The number of carbonyl (C=O) groups is 3. The molecule has 8 nitrogen and oxygen atoms in total. The molecule has 0 aromatic heterocycles. The van der Waals surface area contributed by atoms with Gasteiger partial charge in [0.25, 0.3) is 5.91 Å². The standard InChI is InChI=1S/C17H22N2O6/c1-11-9-12(16(21)18-7-8-23-2)5-6-13(11)19-14(17(22)25-4)10-15(20)24-3/h5-6,9-10,19H,7-8H2,1-4H3,(H,18,21)/b14-10+. The SMILES string of the molecule is COCCNC(=O)c1ccc(N/C(=C/C(=O)OC)C(=O)OC)c(C)c1. The lowest BCUT2D eigenvalue weighted by molar-refractivity contribution is -0.138. The summed E-state index contributed by atoms with van der Waals surface area (Å²) in [5, 5.41) is 5.53. The number of carbonyl (C=O) groups excluding carboxylic acids is 3. The number of nitrogens with one attached hydrogen (secondary N) is 2. The maximum atomic E-state index is 12.0. The van der Waals surface area contributed by atoms with Crippen LogP contribution < -0.4 is 10.6 Å². The highest BCUT2D eigenvalue weighted by Crippen LogP contribution is 2.19. The first-order valence-electron chi connectivity index (χ1n) is 7.45. The number of amides is 1. The van der Waals surface area contributed by atoms with Crippen molar-refractivity contribution in [1.82, 2.24) is 5.32 Å². The molecule has 0 fully saturated rings. The maximum Gasteiger partial charge on any atom is 0.354 e. The fourth-order valence-electron chi connectivity index (χ4n) is 1.89. The Kier molecular flexibility index (Phi) is 8.14. The molecule has 0 aliphatic carbocycles. The molecule has 1 aromatic rings. The molecule has 0 aliphatic rings. The molecular weight excluding hydrogens is 328 g/mol. The number of esters is 2. The minimum atomic E-state index is -0.716. The van der Waals surface area contributed by atoms with Gasteiger partial charge in [0.05, 0.1) is 26.9 Å². The van der Waals surface area contributed by atoms with Crippen molar-refractivity contribution in [2.45, 2.75) is 6.92 Å². The summed E-state index contributed by atoms with van der Waals surface area (Å²) in [7, 11) is 3.96. The van der Waals surface area contributed by atoms with Crippen LogP contribution in [0.5, 0.6) is 0 Å². The number of ether oxygens (including phenoxy) is 3. The largest absolute Gasteiger partial charge is 0.466 e. The lowest BCUT2D eigenvalue weighted by atomic mass is 10.1. The summed E-state index contributed by atoms with van der Waals surface area (Å²) in [6, 6.07) is 4.90. The third kappa shape index (κ3) is 6.27. The first kappa shape index (κ1) is 20.2. The first-order valence-corrected chi connectivity index (χ1v) is 7.45. The van der Waals surface area contributed by atoms with Crippen LogP contribution in [0.2, 0.25) is 0 Å². The van der Waals surface area contributed by atoms with Gasteiger partial charge >= 0.3 is 11.9 Å². The molecule has 0 unspecified atom stereocenters. The van der Waals surface area contributed by atoms with Crippen LogP contribution in [0.1, 0.15) is 15.9 Å². The van der Waals surface area contributed by atoms with Crippen molar-refractivity contribution in [3.8, 4) is 0 Å². The zero-order chi connectivity index (χ0) is 18.8. The van der Waals surface area contributed by atoms with E-state index in [4.69, 9.17) is 4.74 Å². The second kappa shape index (κ2) is 10.1. The normalized spacial score (nSPS) is 10.8. The van der Waals surface area contributed by atoms with Crippen molar-refractivity contribution in [3.05, 3.63) is 41.1 Å². The lowest BCUT2D eigenvalue weighted by Crippen LogP contribution is -2.27. The number of methoxy groups -OCH3 is 3. The Bertz CT molecular complexity index is 669. The van der Waals surface area contributed by atoms with Gasteiger partial charge in [-0.2, -0.15) is 0 Å². The number of rotatable bonds is 8. The molecule has 0 saturated heterocycles. The third-order valence-corrected chi connectivity index (χ3v) is 3.22. The Balaban J connectivity index is 2.94. The molecule has 0 heterocycles. The molecular formula is C17H22N2O6. The molecule has 0 atom stereocenters. The van der Waals surface area contributed by atoms with Gasteiger partial charge in [-0.1, -0.05) is 0 Å². The average Bonchev–Trinajstić information content (AvgIpc) is 2.61.